The van der Waals surface area contributed by atoms with E-state index in [1.807, 2.05) is 13.8 Å². The Kier molecular flexibility index (Phi) is 5.53. The van der Waals surface area contributed by atoms with Crippen molar-refractivity contribution < 1.29 is 18.4 Å². The highest BCUT2D eigenvalue weighted by Crippen LogP contribution is 2.28. The fourth-order valence-corrected chi connectivity index (χ4v) is 2.84. The molecule has 0 aliphatic heterocycles. The zero-order valence-corrected chi connectivity index (χ0v) is 14.0. The van der Waals surface area contributed by atoms with Gasteiger partial charge in [0.15, 0.2) is 9.84 Å². The Labute approximate surface area is 130 Å². The molecule has 0 aliphatic rings. The zero-order chi connectivity index (χ0) is 17.1. The van der Waals surface area contributed by atoms with Gasteiger partial charge in [-0.15, -0.1) is 0 Å². The molecule has 0 saturated carbocycles. The molecular weight excluding hydrogens is 308 g/mol. The number of nitrogens with one attached hydrogen (secondary N) is 1. The molecular formula is C14H22N2O5S. The van der Waals surface area contributed by atoms with Gasteiger partial charge in [-0.3, -0.25) is 10.1 Å². The van der Waals surface area contributed by atoms with E-state index in [2.05, 4.69) is 5.32 Å². The first-order valence-electron chi connectivity index (χ1n) is 6.93. The van der Waals surface area contributed by atoms with Gasteiger partial charge in [0.05, 0.1) is 21.1 Å². The van der Waals surface area contributed by atoms with Gasteiger partial charge in [0.25, 0.3) is 5.69 Å². The number of hydrogen-bond donors (Lipinski definition) is 2. The van der Waals surface area contributed by atoms with Crippen molar-refractivity contribution in [1.29, 1.82) is 0 Å². The topological polar surface area (TPSA) is 110 Å². The number of nitrogens with zero attached hydrogens (tertiary/aromatic N) is 1. The fourth-order valence-electron chi connectivity index (χ4n) is 1.97. The number of hydrogen-bond acceptors (Lipinski definition) is 6. The monoisotopic (exact) mass is 330 g/mol. The minimum absolute atomic E-state index is 0.0136. The highest BCUT2D eigenvalue weighted by Gasteiger charge is 2.28. The Morgan fingerprint density at radius 2 is 2.05 bits per heavy atom. The highest BCUT2D eigenvalue weighted by atomic mass is 32.2. The normalized spacial score (nSPS) is 15.9. The van der Waals surface area contributed by atoms with Crippen LogP contribution < -0.4 is 5.32 Å². The third-order valence-electron chi connectivity index (χ3n) is 3.89. The van der Waals surface area contributed by atoms with Crippen LogP contribution in [-0.2, 0) is 9.84 Å². The number of aliphatic hydroxyl groups is 1. The summed E-state index contributed by atoms with van der Waals surface area (Å²) in [4.78, 5) is 9.99. The Morgan fingerprint density at radius 1 is 1.45 bits per heavy atom. The molecule has 2 atom stereocenters. The number of benzene rings is 1. The zero-order valence-electron chi connectivity index (χ0n) is 13.2. The summed E-state index contributed by atoms with van der Waals surface area (Å²) in [6.07, 6.45) is 1.76. The molecule has 124 valence electrons. The van der Waals surface area contributed by atoms with Gasteiger partial charge in [0, 0.05) is 24.9 Å². The number of nitro groups is 1. The highest BCUT2D eigenvalue weighted by molar-refractivity contribution is 7.90. The second-order valence-electron chi connectivity index (χ2n) is 5.73. The van der Waals surface area contributed by atoms with E-state index < -0.39 is 20.4 Å². The Balaban J connectivity index is 3.13. The third-order valence-corrected chi connectivity index (χ3v) is 5.02. The van der Waals surface area contributed by atoms with E-state index in [-0.39, 0.29) is 28.7 Å². The average molecular weight is 330 g/mol. The molecule has 0 fully saturated rings. The van der Waals surface area contributed by atoms with Gasteiger partial charge in [0.1, 0.15) is 0 Å². The predicted octanol–water partition coefficient (Wildman–Crippen LogP) is 2.21. The van der Waals surface area contributed by atoms with Crippen molar-refractivity contribution in [3.63, 3.8) is 0 Å². The molecule has 1 aromatic rings. The summed E-state index contributed by atoms with van der Waals surface area (Å²) < 4.78 is 23.6. The molecule has 0 amide bonds. The predicted molar refractivity (Wildman–Crippen MR) is 84.8 cm³/mol. The maximum absolute atomic E-state index is 11.8. The maximum Gasteiger partial charge on any atom is 0.270 e. The molecule has 1 aromatic carbocycles. The summed E-state index contributed by atoms with van der Waals surface area (Å²) in [5.74, 6) is 0.0136. The van der Waals surface area contributed by atoms with Gasteiger partial charge in [0.2, 0.25) is 0 Å². The van der Waals surface area contributed by atoms with Crippen LogP contribution >= 0.6 is 0 Å². The van der Waals surface area contributed by atoms with E-state index in [4.69, 9.17) is 0 Å². The van der Waals surface area contributed by atoms with Crippen molar-refractivity contribution in [1.82, 2.24) is 0 Å². The lowest BCUT2D eigenvalue weighted by Gasteiger charge is -2.30. The van der Waals surface area contributed by atoms with Gasteiger partial charge >= 0.3 is 0 Å². The second kappa shape index (κ2) is 6.62. The lowest BCUT2D eigenvalue weighted by molar-refractivity contribution is -0.385. The molecule has 7 nitrogen and oxygen atoms in total. The quantitative estimate of drug-likeness (QED) is 0.586. The summed E-state index contributed by atoms with van der Waals surface area (Å²) in [6, 6.07) is 3.60. The molecule has 2 unspecified atom stereocenters. The number of sulfone groups is 1. The molecule has 0 bridgehead atoms. The van der Waals surface area contributed by atoms with Gasteiger partial charge in [-0.05, 0) is 18.9 Å². The lowest BCUT2D eigenvalue weighted by atomic mass is 9.88. The summed E-state index contributed by atoms with van der Waals surface area (Å²) >= 11 is 0. The van der Waals surface area contributed by atoms with Crippen LogP contribution in [0, 0.1) is 16.0 Å². The summed E-state index contributed by atoms with van der Waals surface area (Å²) in [5.41, 5.74) is -1.07. The van der Waals surface area contributed by atoms with Crippen molar-refractivity contribution in [2.75, 3.05) is 18.1 Å². The average Bonchev–Trinajstić information content (AvgIpc) is 2.42. The van der Waals surface area contributed by atoms with Crippen LogP contribution in [0.2, 0.25) is 0 Å². The van der Waals surface area contributed by atoms with Gasteiger partial charge in [-0.2, -0.15) is 0 Å². The maximum atomic E-state index is 11.8. The van der Waals surface area contributed by atoms with Crippen LogP contribution in [0.1, 0.15) is 27.2 Å². The SMILES string of the molecule is CCC(C)C(C)(O)CNc1ccc([N+](=O)[O-])cc1S(C)(=O)=O. The van der Waals surface area contributed by atoms with Crippen LogP contribution in [0.3, 0.4) is 0 Å². The largest absolute Gasteiger partial charge is 0.388 e. The van der Waals surface area contributed by atoms with E-state index in [0.717, 1.165) is 18.7 Å². The smallest absolute Gasteiger partial charge is 0.270 e. The van der Waals surface area contributed by atoms with E-state index >= 15 is 0 Å². The van der Waals surface area contributed by atoms with Crippen LogP contribution in [0.25, 0.3) is 0 Å². The summed E-state index contributed by atoms with van der Waals surface area (Å²) in [6.45, 7) is 5.66. The molecule has 0 aliphatic carbocycles. The fraction of sp³-hybridized carbons (Fsp3) is 0.571. The van der Waals surface area contributed by atoms with Gasteiger partial charge < -0.3 is 10.4 Å². The Hall–Kier alpha value is -1.67. The number of nitro benzene ring substituents is 1. The summed E-state index contributed by atoms with van der Waals surface area (Å²) in [5, 5.41) is 24.0. The molecule has 8 heteroatoms. The molecule has 1 rings (SSSR count). The van der Waals surface area contributed by atoms with Crippen LogP contribution in [0.5, 0.6) is 0 Å². The molecule has 0 spiro atoms. The first-order valence-corrected chi connectivity index (χ1v) is 8.83. The van der Waals surface area contributed by atoms with Crippen molar-refractivity contribution in [2.24, 2.45) is 5.92 Å². The Bertz CT molecular complexity index is 655. The molecule has 2 N–H and O–H groups in total. The van der Waals surface area contributed by atoms with Crippen molar-refractivity contribution in [3.05, 3.63) is 28.3 Å². The van der Waals surface area contributed by atoms with E-state index in [0.29, 0.717) is 0 Å². The van der Waals surface area contributed by atoms with Crippen LogP contribution in [0.4, 0.5) is 11.4 Å². The number of anilines is 1. The van der Waals surface area contributed by atoms with Gasteiger partial charge in [-0.25, -0.2) is 8.42 Å². The van der Waals surface area contributed by atoms with Gasteiger partial charge in [-0.1, -0.05) is 20.3 Å². The van der Waals surface area contributed by atoms with Crippen LogP contribution in [0.15, 0.2) is 23.1 Å². The first kappa shape index (κ1) is 18.4. The van der Waals surface area contributed by atoms with Crippen LogP contribution in [-0.4, -0.2) is 36.8 Å². The molecule has 0 aromatic heterocycles. The second-order valence-corrected chi connectivity index (χ2v) is 7.71. The van der Waals surface area contributed by atoms with Crippen molar-refractivity contribution in [3.8, 4) is 0 Å². The number of rotatable bonds is 7. The molecule has 0 saturated heterocycles. The molecule has 22 heavy (non-hydrogen) atoms. The molecule has 0 heterocycles. The van der Waals surface area contributed by atoms with E-state index in [1.54, 1.807) is 6.92 Å². The Morgan fingerprint density at radius 3 is 2.50 bits per heavy atom. The van der Waals surface area contributed by atoms with Crippen molar-refractivity contribution >= 4 is 21.2 Å². The lowest BCUT2D eigenvalue weighted by Crippen LogP contribution is -2.40. The molecule has 0 radical (unpaired) electrons. The standard InChI is InChI=1S/C14H22N2O5S/c1-5-10(2)14(3,17)9-15-12-7-6-11(16(18)19)8-13(12)22(4,20)21/h6-8,10,15,17H,5,9H2,1-4H3. The van der Waals surface area contributed by atoms with E-state index in [9.17, 15) is 23.6 Å². The summed E-state index contributed by atoms with van der Waals surface area (Å²) in [7, 11) is -3.63. The minimum atomic E-state index is -3.63. The first-order chi connectivity index (χ1) is 9.99. The van der Waals surface area contributed by atoms with E-state index in [1.165, 1.54) is 12.1 Å². The number of non-ortho nitro benzene ring substituents is 1. The van der Waals surface area contributed by atoms with Crippen molar-refractivity contribution in [2.45, 2.75) is 37.7 Å². The minimum Gasteiger partial charge on any atom is -0.388 e. The third kappa shape index (κ3) is 4.41.